The average Bonchev–Trinajstić information content (AvgIpc) is 2.55. The minimum absolute atomic E-state index is 1.03. The van der Waals surface area contributed by atoms with Crippen LogP contribution in [0.5, 0.6) is 0 Å². The Labute approximate surface area is 95.9 Å². The van der Waals surface area contributed by atoms with E-state index in [1.807, 2.05) is 0 Å². The molecule has 3 rings (SSSR count). The second-order valence-corrected chi connectivity index (χ2v) is 4.28. The lowest BCUT2D eigenvalue weighted by Crippen LogP contribution is -1.88. The fraction of sp³-hybridized carbons (Fsp3) is 0.125. The molecule has 0 radical (unpaired) electrons. The van der Waals surface area contributed by atoms with Gasteiger partial charge in [0.25, 0.3) is 0 Å². The Kier molecular flexibility index (Phi) is 2.14. The van der Waals surface area contributed by atoms with Gasteiger partial charge >= 0.3 is 0 Å². The molecule has 0 nitrogen and oxygen atoms in total. The van der Waals surface area contributed by atoms with Crippen LogP contribution in [0.4, 0.5) is 0 Å². The molecule has 0 unspecified atom stereocenters. The van der Waals surface area contributed by atoms with E-state index in [1.54, 1.807) is 0 Å². The van der Waals surface area contributed by atoms with Gasteiger partial charge in [-0.2, -0.15) is 0 Å². The van der Waals surface area contributed by atoms with E-state index in [4.69, 9.17) is 0 Å². The zero-order chi connectivity index (χ0) is 11.0. The molecule has 2 aromatic rings. The summed E-state index contributed by atoms with van der Waals surface area (Å²) in [7, 11) is 0. The van der Waals surface area contributed by atoms with E-state index in [0.717, 1.165) is 6.42 Å². The number of hydrogen-bond acceptors (Lipinski definition) is 0. The first-order valence-electron chi connectivity index (χ1n) is 5.72. The van der Waals surface area contributed by atoms with E-state index in [9.17, 15) is 0 Å². The second kappa shape index (κ2) is 3.64. The lowest BCUT2D eigenvalue weighted by Gasteiger charge is -2.09. The maximum atomic E-state index is 2.28. The fourth-order valence-electron chi connectivity index (χ4n) is 2.39. The molecule has 16 heavy (non-hydrogen) atoms. The Morgan fingerprint density at radius 3 is 2.56 bits per heavy atom. The summed E-state index contributed by atoms with van der Waals surface area (Å²) in [5.74, 6) is 0. The normalized spacial score (nSPS) is 13.8. The van der Waals surface area contributed by atoms with E-state index < -0.39 is 0 Å². The van der Waals surface area contributed by atoms with Crippen molar-refractivity contribution in [2.24, 2.45) is 0 Å². The van der Waals surface area contributed by atoms with Crippen LogP contribution >= 0.6 is 0 Å². The average molecular weight is 206 g/mol. The summed E-state index contributed by atoms with van der Waals surface area (Å²) in [4.78, 5) is 0. The van der Waals surface area contributed by atoms with E-state index in [1.165, 1.54) is 27.5 Å². The molecule has 0 atom stereocenters. The third-order valence-electron chi connectivity index (χ3n) is 3.18. The highest BCUT2D eigenvalue weighted by Crippen LogP contribution is 2.29. The van der Waals surface area contributed by atoms with E-state index in [-0.39, 0.29) is 0 Å². The van der Waals surface area contributed by atoms with E-state index in [0.29, 0.717) is 0 Å². The molecule has 1 aliphatic rings. The van der Waals surface area contributed by atoms with Crippen LogP contribution in [-0.2, 0) is 0 Å². The van der Waals surface area contributed by atoms with Gasteiger partial charge in [-0.1, -0.05) is 54.6 Å². The van der Waals surface area contributed by atoms with Gasteiger partial charge in [-0.25, -0.2) is 0 Å². The van der Waals surface area contributed by atoms with Gasteiger partial charge in [0.2, 0.25) is 0 Å². The minimum Gasteiger partial charge on any atom is -0.0801 e. The van der Waals surface area contributed by atoms with Crippen LogP contribution in [0.15, 0.2) is 42.5 Å². The lowest BCUT2D eigenvalue weighted by molar-refractivity contribution is 1.43. The number of fused-ring (bicyclic) bond motifs is 3. The van der Waals surface area contributed by atoms with Gasteiger partial charge in [0, 0.05) is 0 Å². The molecule has 0 heteroatoms. The third kappa shape index (κ3) is 1.38. The number of allylic oxidation sites excluding steroid dienone is 2. The van der Waals surface area contributed by atoms with Crippen LogP contribution in [-0.4, -0.2) is 0 Å². The van der Waals surface area contributed by atoms with Crippen LogP contribution in [0.25, 0.3) is 22.9 Å². The summed E-state index contributed by atoms with van der Waals surface area (Å²) in [5.41, 5.74) is 4.09. The molecule has 0 fully saturated rings. The minimum atomic E-state index is 1.03. The van der Waals surface area contributed by atoms with Crippen molar-refractivity contribution in [2.75, 3.05) is 0 Å². The van der Waals surface area contributed by atoms with Crippen molar-refractivity contribution in [1.29, 1.82) is 0 Å². The van der Waals surface area contributed by atoms with E-state index >= 15 is 0 Å². The first kappa shape index (κ1) is 9.41. The SMILES string of the molecule is Cc1cc2ccccc2c2c1C=CCC=C2. The van der Waals surface area contributed by atoms with E-state index in [2.05, 4.69) is 61.6 Å². The number of aryl methyl sites for hydroxylation is 1. The van der Waals surface area contributed by atoms with Gasteiger partial charge in [-0.15, -0.1) is 0 Å². The van der Waals surface area contributed by atoms with Gasteiger partial charge in [0.05, 0.1) is 0 Å². The zero-order valence-electron chi connectivity index (χ0n) is 9.40. The molecule has 0 bridgehead atoms. The largest absolute Gasteiger partial charge is 0.0801 e. The van der Waals surface area contributed by atoms with Crippen LogP contribution in [0.3, 0.4) is 0 Å². The second-order valence-electron chi connectivity index (χ2n) is 4.28. The van der Waals surface area contributed by atoms with Crippen molar-refractivity contribution in [1.82, 2.24) is 0 Å². The van der Waals surface area contributed by atoms with Crippen molar-refractivity contribution in [3.8, 4) is 0 Å². The van der Waals surface area contributed by atoms with Crippen LogP contribution in [0, 0.1) is 6.92 Å². The van der Waals surface area contributed by atoms with Crippen molar-refractivity contribution < 1.29 is 0 Å². The predicted octanol–water partition coefficient (Wildman–Crippen LogP) is 4.58. The van der Waals surface area contributed by atoms with Gasteiger partial charge in [0.15, 0.2) is 0 Å². The molecule has 0 saturated carbocycles. The van der Waals surface area contributed by atoms with Gasteiger partial charge < -0.3 is 0 Å². The van der Waals surface area contributed by atoms with Crippen molar-refractivity contribution in [3.63, 3.8) is 0 Å². The summed E-state index contributed by atoms with van der Waals surface area (Å²) >= 11 is 0. The monoisotopic (exact) mass is 206 g/mol. The highest BCUT2D eigenvalue weighted by molar-refractivity contribution is 5.95. The van der Waals surface area contributed by atoms with Crippen molar-refractivity contribution in [3.05, 3.63) is 59.2 Å². The molecule has 0 aliphatic heterocycles. The summed E-state index contributed by atoms with van der Waals surface area (Å²) < 4.78 is 0. The van der Waals surface area contributed by atoms with Gasteiger partial charge in [0.1, 0.15) is 0 Å². The molecule has 0 spiro atoms. The first-order valence-corrected chi connectivity index (χ1v) is 5.72. The summed E-state index contributed by atoms with van der Waals surface area (Å²) in [6.07, 6.45) is 9.99. The van der Waals surface area contributed by atoms with Crippen LogP contribution in [0.2, 0.25) is 0 Å². The number of benzene rings is 2. The molecule has 1 aliphatic carbocycles. The number of rotatable bonds is 0. The topological polar surface area (TPSA) is 0 Å². The van der Waals surface area contributed by atoms with Crippen LogP contribution in [0.1, 0.15) is 23.1 Å². The third-order valence-corrected chi connectivity index (χ3v) is 3.18. The molecule has 0 amide bonds. The standard InChI is InChI=1S/C16H14/c1-12-11-13-7-5-6-9-15(13)16-10-4-2-3-8-14(12)16/h3-11H,2H2,1H3. The highest BCUT2D eigenvalue weighted by Gasteiger charge is 2.07. The molecule has 0 aromatic heterocycles. The molecule has 78 valence electrons. The molecule has 0 heterocycles. The molecular weight excluding hydrogens is 192 g/mol. The predicted molar refractivity (Wildman–Crippen MR) is 71.4 cm³/mol. The Bertz CT molecular complexity index is 601. The first-order chi connectivity index (χ1) is 7.86. The Morgan fingerprint density at radius 2 is 1.69 bits per heavy atom. The molecular formula is C16H14. The number of hydrogen-bond donors (Lipinski definition) is 0. The molecule has 0 N–H and O–H groups in total. The quantitative estimate of drug-likeness (QED) is 0.592. The lowest BCUT2D eigenvalue weighted by atomic mass is 9.95. The summed E-state index contributed by atoms with van der Waals surface area (Å²) in [5, 5.41) is 2.68. The Balaban J connectivity index is 2.47. The zero-order valence-corrected chi connectivity index (χ0v) is 9.40. The highest BCUT2D eigenvalue weighted by atomic mass is 14.1. The maximum absolute atomic E-state index is 2.28. The van der Waals surface area contributed by atoms with Crippen molar-refractivity contribution in [2.45, 2.75) is 13.3 Å². The Morgan fingerprint density at radius 1 is 0.938 bits per heavy atom. The Hall–Kier alpha value is -1.82. The van der Waals surface area contributed by atoms with Crippen LogP contribution < -0.4 is 0 Å². The summed E-state index contributed by atoms with van der Waals surface area (Å²) in [6, 6.07) is 10.9. The molecule has 0 saturated heterocycles. The van der Waals surface area contributed by atoms with Gasteiger partial charge in [-0.3, -0.25) is 0 Å². The van der Waals surface area contributed by atoms with Gasteiger partial charge in [-0.05, 0) is 40.8 Å². The summed E-state index contributed by atoms with van der Waals surface area (Å²) in [6.45, 7) is 2.19. The maximum Gasteiger partial charge on any atom is -0.0105 e. The smallest absolute Gasteiger partial charge is 0.0105 e. The van der Waals surface area contributed by atoms with Crippen molar-refractivity contribution >= 4 is 22.9 Å². The fourth-order valence-corrected chi connectivity index (χ4v) is 2.39. The molecule has 2 aromatic carbocycles.